The van der Waals surface area contributed by atoms with Crippen molar-refractivity contribution in [2.45, 2.75) is 11.8 Å². The SMILES string of the molecule is CC(=O)Nc1ccc(Br)cc1NC(=O)CSc1ccccc1. The number of anilines is 2. The van der Waals surface area contributed by atoms with E-state index in [0.717, 1.165) is 9.37 Å². The predicted molar refractivity (Wildman–Crippen MR) is 94.2 cm³/mol. The van der Waals surface area contributed by atoms with Crippen molar-refractivity contribution >= 4 is 50.9 Å². The lowest BCUT2D eigenvalue weighted by Crippen LogP contribution is -2.16. The van der Waals surface area contributed by atoms with E-state index < -0.39 is 0 Å². The van der Waals surface area contributed by atoms with E-state index in [0.29, 0.717) is 17.1 Å². The molecule has 0 radical (unpaired) electrons. The topological polar surface area (TPSA) is 58.2 Å². The zero-order valence-electron chi connectivity index (χ0n) is 11.9. The van der Waals surface area contributed by atoms with Gasteiger partial charge in [0.25, 0.3) is 0 Å². The molecule has 0 aromatic heterocycles. The molecule has 0 aliphatic carbocycles. The van der Waals surface area contributed by atoms with Crippen molar-refractivity contribution in [3.63, 3.8) is 0 Å². The van der Waals surface area contributed by atoms with E-state index in [1.165, 1.54) is 18.7 Å². The molecule has 0 spiro atoms. The third kappa shape index (κ3) is 5.20. The summed E-state index contributed by atoms with van der Waals surface area (Å²) in [5, 5.41) is 5.52. The maximum absolute atomic E-state index is 12.1. The van der Waals surface area contributed by atoms with Crippen molar-refractivity contribution in [1.82, 2.24) is 0 Å². The molecule has 4 nitrogen and oxygen atoms in total. The number of thioether (sulfide) groups is 1. The first kappa shape index (κ1) is 16.6. The lowest BCUT2D eigenvalue weighted by atomic mass is 10.2. The van der Waals surface area contributed by atoms with E-state index in [2.05, 4.69) is 26.6 Å². The molecule has 2 aromatic rings. The van der Waals surface area contributed by atoms with Gasteiger partial charge in [-0.05, 0) is 30.3 Å². The van der Waals surface area contributed by atoms with Gasteiger partial charge >= 0.3 is 0 Å². The van der Waals surface area contributed by atoms with E-state index in [-0.39, 0.29) is 11.8 Å². The van der Waals surface area contributed by atoms with Crippen LogP contribution in [0.15, 0.2) is 57.9 Å². The van der Waals surface area contributed by atoms with Crippen LogP contribution in [0.2, 0.25) is 0 Å². The average molecular weight is 379 g/mol. The van der Waals surface area contributed by atoms with Crippen LogP contribution < -0.4 is 10.6 Å². The Morgan fingerprint density at radius 2 is 1.77 bits per heavy atom. The number of nitrogens with one attached hydrogen (secondary N) is 2. The van der Waals surface area contributed by atoms with Crippen LogP contribution in [0.5, 0.6) is 0 Å². The van der Waals surface area contributed by atoms with Gasteiger partial charge < -0.3 is 10.6 Å². The maximum Gasteiger partial charge on any atom is 0.234 e. The molecule has 0 aliphatic heterocycles. The normalized spacial score (nSPS) is 10.1. The van der Waals surface area contributed by atoms with E-state index in [9.17, 15) is 9.59 Å². The average Bonchev–Trinajstić information content (AvgIpc) is 2.49. The third-order valence-corrected chi connectivity index (χ3v) is 4.18. The molecule has 0 fully saturated rings. The van der Waals surface area contributed by atoms with Gasteiger partial charge in [-0.2, -0.15) is 0 Å². The molecule has 0 bridgehead atoms. The van der Waals surface area contributed by atoms with Gasteiger partial charge in [0.15, 0.2) is 0 Å². The molecule has 114 valence electrons. The van der Waals surface area contributed by atoms with Crippen LogP contribution in [0.3, 0.4) is 0 Å². The van der Waals surface area contributed by atoms with Crippen LogP contribution >= 0.6 is 27.7 Å². The van der Waals surface area contributed by atoms with E-state index in [1.54, 1.807) is 18.2 Å². The van der Waals surface area contributed by atoms with Crippen molar-refractivity contribution in [2.75, 3.05) is 16.4 Å². The summed E-state index contributed by atoms with van der Waals surface area (Å²) in [7, 11) is 0. The number of carbonyl (C=O) groups is 2. The summed E-state index contributed by atoms with van der Waals surface area (Å²) in [6.07, 6.45) is 0. The number of hydrogen-bond donors (Lipinski definition) is 2. The number of amides is 2. The molecule has 2 aromatic carbocycles. The summed E-state index contributed by atoms with van der Waals surface area (Å²) in [5.74, 6) is -0.00853. The molecule has 0 atom stereocenters. The smallest absolute Gasteiger partial charge is 0.234 e. The maximum atomic E-state index is 12.1. The number of benzene rings is 2. The Hall–Kier alpha value is -1.79. The second-order valence-electron chi connectivity index (χ2n) is 4.52. The van der Waals surface area contributed by atoms with Gasteiger partial charge in [-0.3, -0.25) is 9.59 Å². The second-order valence-corrected chi connectivity index (χ2v) is 6.49. The Balaban J connectivity index is 2.01. The Bertz CT molecular complexity index is 677. The highest BCUT2D eigenvalue weighted by atomic mass is 79.9. The zero-order valence-corrected chi connectivity index (χ0v) is 14.3. The van der Waals surface area contributed by atoms with Gasteiger partial charge in [-0.1, -0.05) is 34.1 Å². The first-order chi connectivity index (χ1) is 10.5. The molecule has 6 heteroatoms. The van der Waals surface area contributed by atoms with E-state index in [4.69, 9.17) is 0 Å². The highest BCUT2D eigenvalue weighted by Gasteiger charge is 2.09. The molecule has 2 rings (SSSR count). The predicted octanol–water partition coefficient (Wildman–Crippen LogP) is 4.14. The van der Waals surface area contributed by atoms with Crippen LogP contribution in [0.25, 0.3) is 0 Å². The van der Waals surface area contributed by atoms with E-state index >= 15 is 0 Å². The molecule has 0 unspecified atom stereocenters. The number of rotatable bonds is 5. The quantitative estimate of drug-likeness (QED) is 0.768. The van der Waals surface area contributed by atoms with Gasteiger partial charge in [0.2, 0.25) is 11.8 Å². The van der Waals surface area contributed by atoms with Crippen molar-refractivity contribution in [2.24, 2.45) is 0 Å². The first-order valence-electron chi connectivity index (χ1n) is 6.59. The van der Waals surface area contributed by atoms with Crippen molar-refractivity contribution < 1.29 is 9.59 Å². The number of carbonyl (C=O) groups excluding carboxylic acids is 2. The first-order valence-corrected chi connectivity index (χ1v) is 8.37. The standard InChI is InChI=1S/C16H15BrN2O2S/c1-11(20)18-14-8-7-12(17)9-15(14)19-16(21)10-22-13-5-3-2-4-6-13/h2-9H,10H2,1H3,(H,18,20)(H,19,21). The largest absolute Gasteiger partial charge is 0.325 e. The fraction of sp³-hybridized carbons (Fsp3) is 0.125. The Kier molecular flexibility index (Phi) is 6.03. The van der Waals surface area contributed by atoms with Crippen LogP contribution in [-0.4, -0.2) is 17.6 Å². The lowest BCUT2D eigenvalue weighted by molar-refractivity contribution is -0.115. The molecule has 0 heterocycles. The van der Waals surface area contributed by atoms with E-state index in [1.807, 2.05) is 30.3 Å². The molecular weight excluding hydrogens is 364 g/mol. The summed E-state index contributed by atoms with van der Waals surface area (Å²) in [4.78, 5) is 24.3. The molecule has 0 saturated carbocycles. The molecule has 0 saturated heterocycles. The fourth-order valence-corrected chi connectivity index (χ4v) is 2.85. The molecular formula is C16H15BrN2O2S. The lowest BCUT2D eigenvalue weighted by Gasteiger charge is -2.12. The van der Waals surface area contributed by atoms with Gasteiger partial charge in [-0.15, -0.1) is 11.8 Å². The monoisotopic (exact) mass is 378 g/mol. The van der Waals surface area contributed by atoms with Crippen LogP contribution in [-0.2, 0) is 9.59 Å². The molecule has 2 amide bonds. The van der Waals surface area contributed by atoms with Gasteiger partial charge in [-0.25, -0.2) is 0 Å². The molecule has 2 N–H and O–H groups in total. The van der Waals surface area contributed by atoms with Gasteiger partial charge in [0.05, 0.1) is 17.1 Å². The fourth-order valence-electron chi connectivity index (χ4n) is 1.77. The Morgan fingerprint density at radius 3 is 2.45 bits per heavy atom. The van der Waals surface area contributed by atoms with Crippen molar-refractivity contribution in [1.29, 1.82) is 0 Å². The van der Waals surface area contributed by atoms with Gasteiger partial charge in [0.1, 0.15) is 0 Å². The van der Waals surface area contributed by atoms with Crippen LogP contribution in [0.4, 0.5) is 11.4 Å². The highest BCUT2D eigenvalue weighted by molar-refractivity contribution is 9.10. The number of halogens is 1. The zero-order chi connectivity index (χ0) is 15.9. The summed E-state index contributed by atoms with van der Waals surface area (Å²) < 4.78 is 0.826. The minimum Gasteiger partial charge on any atom is -0.325 e. The Labute approximate surface area is 141 Å². The minimum atomic E-state index is -0.184. The third-order valence-electron chi connectivity index (χ3n) is 2.68. The summed E-state index contributed by atoms with van der Waals surface area (Å²) >= 11 is 4.82. The minimum absolute atomic E-state index is 0.126. The highest BCUT2D eigenvalue weighted by Crippen LogP contribution is 2.26. The van der Waals surface area contributed by atoms with Crippen molar-refractivity contribution in [3.8, 4) is 0 Å². The summed E-state index contributed by atoms with van der Waals surface area (Å²) in [6.45, 7) is 1.43. The Morgan fingerprint density at radius 1 is 1.05 bits per heavy atom. The number of hydrogen-bond acceptors (Lipinski definition) is 3. The van der Waals surface area contributed by atoms with Crippen molar-refractivity contribution in [3.05, 3.63) is 53.0 Å². The van der Waals surface area contributed by atoms with Gasteiger partial charge in [0, 0.05) is 16.3 Å². The molecule has 0 aliphatic rings. The van der Waals surface area contributed by atoms with Crippen LogP contribution in [0.1, 0.15) is 6.92 Å². The summed E-state index contributed by atoms with van der Waals surface area (Å²) in [5.41, 5.74) is 1.15. The molecule has 22 heavy (non-hydrogen) atoms. The van der Waals surface area contributed by atoms with Crippen LogP contribution in [0, 0.1) is 0 Å². The second kappa shape index (κ2) is 8.00. The summed E-state index contributed by atoms with van der Waals surface area (Å²) in [6, 6.07) is 15.0.